The Morgan fingerprint density at radius 2 is 1.25 bits per heavy atom. The second-order valence-electron chi connectivity index (χ2n) is 15.3. The second-order valence-corrected chi connectivity index (χ2v) is 15.3. The molecule has 3 aliphatic rings. The number of benzene rings is 8. The van der Waals surface area contributed by atoms with Crippen LogP contribution >= 0.6 is 0 Å². The van der Waals surface area contributed by atoms with Crippen LogP contribution < -0.4 is 5.32 Å². The van der Waals surface area contributed by atoms with Crippen LogP contribution in [0.1, 0.15) is 23.1 Å². The van der Waals surface area contributed by atoms with Gasteiger partial charge in [0.15, 0.2) is 5.84 Å². The summed E-state index contributed by atoms with van der Waals surface area (Å²) in [6.45, 7) is 0. The smallest absolute Gasteiger partial charge is 0.159 e. The van der Waals surface area contributed by atoms with Crippen molar-refractivity contribution >= 4 is 60.7 Å². The summed E-state index contributed by atoms with van der Waals surface area (Å²) in [4.78, 5) is 10.7. The summed E-state index contributed by atoms with van der Waals surface area (Å²) in [5.74, 6) is 1.64. The zero-order valence-electron chi connectivity index (χ0n) is 31.0. The average molecular weight is 730 g/mol. The van der Waals surface area contributed by atoms with E-state index in [-0.39, 0.29) is 12.1 Å². The predicted molar refractivity (Wildman–Crippen MR) is 237 cm³/mol. The van der Waals surface area contributed by atoms with Gasteiger partial charge in [0, 0.05) is 27.8 Å². The first kappa shape index (κ1) is 32.0. The predicted octanol–water partition coefficient (Wildman–Crippen LogP) is 13.0. The summed E-state index contributed by atoms with van der Waals surface area (Å²) in [7, 11) is 0. The molecule has 12 rings (SSSR count). The average Bonchev–Trinajstić information content (AvgIpc) is 3.83. The molecule has 1 aromatic heterocycles. The van der Waals surface area contributed by atoms with E-state index in [4.69, 9.17) is 14.4 Å². The third-order valence-electron chi connectivity index (χ3n) is 12.0. The standard InChI is InChI=1S/C53H35N3O/c1-2-12-34(13-3-1)51-54-52(35-24-21-33(22-25-35)37-26-23-32-11-4-5-14-36(32)29-37)56-53(55-51)38-30-46(50-45-17-8-9-20-47(45)57-48(50)31-38)41-27-28-44-40-16-7-6-15-39(40)42-18-10-19-43(41)49(42)44/h1-24,26-31,35,52H,25H2,(H,54,55,56). The van der Waals surface area contributed by atoms with Crippen LogP contribution in [0.25, 0.3) is 82.4 Å². The van der Waals surface area contributed by atoms with Crippen LogP contribution in [-0.4, -0.2) is 17.8 Å². The number of nitrogens with zero attached hydrogens (tertiary/aromatic N) is 2. The molecule has 4 heteroatoms. The normalized spacial score (nSPS) is 17.1. The quantitative estimate of drug-likeness (QED) is 0.192. The molecule has 1 N–H and O–H groups in total. The van der Waals surface area contributed by atoms with Gasteiger partial charge in [-0.3, -0.25) is 0 Å². The molecule has 9 aromatic rings. The molecule has 1 aliphatic heterocycles. The first-order valence-corrected chi connectivity index (χ1v) is 19.7. The fourth-order valence-electron chi connectivity index (χ4n) is 9.25. The van der Waals surface area contributed by atoms with Crippen molar-refractivity contribution in [2.24, 2.45) is 15.9 Å². The molecule has 2 unspecified atom stereocenters. The second kappa shape index (κ2) is 12.6. The van der Waals surface area contributed by atoms with Gasteiger partial charge in [-0.05, 0) is 96.7 Å². The van der Waals surface area contributed by atoms with Gasteiger partial charge in [0.2, 0.25) is 0 Å². The highest BCUT2D eigenvalue weighted by atomic mass is 16.3. The maximum Gasteiger partial charge on any atom is 0.159 e. The SMILES string of the molecule is C1=CC(C2N=C(c3cc(-c4ccc5c6c(cccc46)-c4ccccc4-5)c4c(c3)oc3ccccc34)N=C(c3ccccc3)N2)CC=C1c1ccc2ccccc2c1. The third kappa shape index (κ3) is 5.14. The van der Waals surface area contributed by atoms with Gasteiger partial charge in [0.1, 0.15) is 23.2 Å². The summed E-state index contributed by atoms with van der Waals surface area (Å²) in [5, 5.41) is 11.0. The number of fused-ring (bicyclic) bond motifs is 7. The number of aliphatic imine (C=N–C) groups is 2. The lowest BCUT2D eigenvalue weighted by molar-refractivity contribution is 0.476. The molecule has 268 valence electrons. The zero-order chi connectivity index (χ0) is 37.5. The highest BCUT2D eigenvalue weighted by Gasteiger charge is 2.29. The molecule has 0 spiro atoms. The Kier molecular flexibility index (Phi) is 7.08. The summed E-state index contributed by atoms with van der Waals surface area (Å²) in [6.07, 6.45) is 7.56. The first-order valence-electron chi connectivity index (χ1n) is 19.7. The van der Waals surface area contributed by atoms with E-state index in [0.29, 0.717) is 5.84 Å². The molecule has 2 atom stereocenters. The van der Waals surface area contributed by atoms with E-state index in [1.165, 1.54) is 60.5 Å². The van der Waals surface area contributed by atoms with Gasteiger partial charge in [-0.15, -0.1) is 0 Å². The number of para-hydroxylation sites is 1. The van der Waals surface area contributed by atoms with E-state index in [9.17, 15) is 0 Å². The van der Waals surface area contributed by atoms with Gasteiger partial charge in [0.25, 0.3) is 0 Å². The first-order chi connectivity index (χ1) is 28.2. The summed E-state index contributed by atoms with van der Waals surface area (Å²) >= 11 is 0. The van der Waals surface area contributed by atoms with E-state index < -0.39 is 0 Å². The minimum atomic E-state index is -0.219. The Hall–Kier alpha value is -7.30. The number of allylic oxidation sites excluding steroid dienone is 3. The van der Waals surface area contributed by atoms with E-state index in [1.54, 1.807) is 0 Å². The summed E-state index contributed by atoms with van der Waals surface area (Å²) in [6, 6.07) is 58.5. The molecule has 0 bridgehead atoms. The minimum absolute atomic E-state index is 0.131. The molecule has 2 aliphatic carbocycles. The van der Waals surface area contributed by atoms with Crippen LogP contribution in [0.4, 0.5) is 0 Å². The van der Waals surface area contributed by atoms with Crippen LogP contribution in [0.15, 0.2) is 196 Å². The number of amidine groups is 2. The van der Waals surface area contributed by atoms with Gasteiger partial charge in [0.05, 0.1) is 0 Å². The third-order valence-corrected chi connectivity index (χ3v) is 12.0. The lowest BCUT2D eigenvalue weighted by Gasteiger charge is -2.29. The van der Waals surface area contributed by atoms with Gasteiger partial charge in [-0.1, -0.05) is 158 Å². The van der Waals surface area contributed by atoms with Crippen molar-refractivity contribution in [1.29, 1.82) is 0 Å². The van der Waals surface area contributed by atoms with Gasteiger partial charge >= 0.3 is 0 Å². The fourth-order valence-corrected chi connectivity index (χ4v) is 9.25. The monoisotopic (exact) mass is 729 g/mol. The van der Waals surface area contributed by atoms with Crippen molar-refractivity contribution in [2.45, 2.75) is 12.6 Å². The summed E-state index contributed by atoms with van der Waals surface area (Å²) < 4.78 is 6.67. The summed E-state index contributed by atoms with van der Waals surface area (Å²) in [5.41, 5.74) is 13.5. The highest BCUT2D eigenvalue weighted by Crippen LogP contribution is 2.50. The molecule has 0 fully saturated rings. The van der Waals surface area contributed by atoms with Crippen molar-refractivity contribution in [1.82, 2.24) is 5.32 Å². The van der Waals surface area contributed by atoms with Crippen molar-refractivity contribution in [3.8, 4) is 33.4 Å². The molecule has 0 saturated heterocycles. The van der Waals surface area contributed by atoms with Gasteiger partial charge < -0.3 is 9.73 Å². The number of hydrogen-bond donors (Lipinski definition) is 1. The van der Waals surface area contributed by atoms with Crippen LogP contribution in [0.5, 0.6) is 0 Å². The largest absolute Gasteiger partial charge is 0.456 e. The topological polar surface area (TPSA) is 49.9 Å². The van der Waals surface area contributed by atoms with Crippen LogP contribution in [-0.2, 0) is 0 Å². The molecule has 2 heterocycles. The lowest BCUT2D eigenvalue weighted by Crippen LogP contribution is -2.43. The maximum absolute atomic E-state index is 6.67. The Morgan fingerprint density at radius 3 is 2.11 bits per heavy atom. The minimum Gasteiger partial charge on any atom is -0.456 e. The van der Waals surface area contributed by atoms with Crippen molar-refractivity contribution < 1.29 is 4.42 Å². The Labute approximate surface area is 329 Å². The van der Waals surface area contributed by atoms with Gasteiger partial charge in [-0.25, -0.2) is 9.98 Å². The molecule has 4 nitrogen and oxygen atoms in total. The number of rotatable bonds is 5. The number of furan rings is 1. The zero-order valence-corrected chi connectivity index (χ0v) is 31.0. The van der Waals surface area contributed by atoms with Crippen LogP contribution in [0.2, 0.25) is 0 Å². The van der Waals surface area contributed by atoms with Crippen molar-refractivity contribution in [3.63, 3.8) is 0 Å². The van der Waals surface area contributed by atoms with E-state index in [2.05, 4.69) is 175 Å². The molecular weight excluding hydrogens is 695 g/mol. The molecule has 8 aromatic carbocycles. The highest BCUT2D eigenvalue weighted by molar-refractivity contribution is 6.23. The van der Waals surface area contributed by atoms with E-state index in [1.807, 2.05) is 12.1 Å². The molecule has 0 radical (unpaired) electrons. The number of nitrogens with one attached hydrogen (secondary N) is 1. The Balaban J connectivity index is 1.00. The lowest BCUT2D eigenvalue weighted by atomic mass is 9.89. The van der Waals surface area contributed by atoms with E-state index in [0.717, 1.165) is 50.9 Å². The van der Waals surface area contributed by atoms with Gasteiger partial charge in [-0.2, -0.15) is 0 Å². The maximum atomic E-state index is 6.67. The molecule has 0 saturated carbocycles. The Morgan fingerprint density at radius 1 is 0.509 bits per heavy atom. The molecular formula is C53H35N3O. The fraction of sp³-hybridized carbons (Fsp3) is 0.0566. The van der Waals surface area contributed by atoms with Crippen LogP contribution in [0.3, 0.4) is 0 Å². The Bertz CT molecular complexity index is 3230. The number of hydrogen-bond acceptors (Lipinski definition) is 4. The van der Waals surface area contributed by atoms with E-state index >= 15 is 0 Å². The van der Waals surface area contributed by atoms with Crippen molar-refractivity contribution in [3.05, 3.63) is 199 Å². The molecule has 0 amide bonds. The van der Waals surface area contributed by atoms with Crippen LogP contribution in [0, 0.1) is 5.92 Å². The van der Waals surface area contributed by atoms with Crippen molar-refractivity contribution in [2.75, 3.05) is 0 Å². The molecule has 57 heavy (non-hydrogen) atoms.